The Morgan fingerprint density at radius 3 is 2.25 bits per heavy atom. The minimum Gasteiger partial charge on any atom is -0.481 e. The maximum atomic E-state index is 14.3. The Morgan fingerprint density at radius 2 is 1.65 bits per heavy atom. The minimum atomic E-state index is -5.11. The number of amides is 4. The molecule has 3 rings (SSSR count). The number of Topliss-reactive ketones (excluding diaryl/α,β-unsaturated/α-hetero) is 1. The average Bonchev–Trinajstić information content (AvgIpc) is 3.82. The number of rotatable bonds is 32. The number of hydrogen-bond donors (Lipinski definition) is 7. The van der Waals surface area contributed by atoms with Crippen LogP contribution in [0.25, 0.3) is 0 Å². The topological polar surface area (TPSA) is 308 Å². The van der Waals surface area contributed by atoms with Gasteiger partial charge in [-0.3, -0.25) is 52.8 Å². The van der Waals surface area contributed by atoms with E-state index in [0.717, 1.165) is 37.1 Å². The van der Waals surface area contributed by atoms with Crippen LogP contribution in [0.3, 0.4) is 0 Å². The number of aliphatic carboxylic acids is 1. The number of nitrogens with one attached hydrogen (secondary N) is 3. The van der Waals surface area contributed by atoms with Crippen molar-refractivity contribution < 1.29 is 71.7 Å². The lowest BCUT2D eigenvalue weighted by Gasteiger charge is -2.37. The lowest BCUT2D eigenvalue weighted by Crippen LogP contribution is -2.48. The molecule has 7 N–H and O–H groups in total. The lowest BCUT2D eigenvalue weighted by molar-refractivity contribution is -0.149. The fourth-order valence-corrected chi connectivity index (χ4v) is 14.0. The molecule has 2 heterocycles. The molecule has 0 radical (unpaired) electrons. The first-order chi connectivity index (χ1) is 35.0. The molecule has 1 saturated heterocycles. The van der Waals surface area contributed by atoms with Crippen LogP contribution in [-0.2, 0) is 49.1 Å². The number of carbonyl (C=O) groups excluding carboxylic acids is 6. The van der Waals surface area contributed by atoms with Crippen molar-refractivity contribution in [3.05, 3.63) is 39.8 Å². The van der Waals surface area contributed by atoms with Crippen molar-refractivity contribution in [1.29, 1.82) is 0 Å². The summed E-state index contributed by atoms with van der Waals surface area (Å²) in [7, 11) is -0.758. The van der Waals surface area contributed by atoms with Crippen LogP contribution in [0.1, 0.15) is 133 Å². The zero-order valence-corrected chi connectivity index (χ0v) is 48.9. The van der Waals surface area contributed by atoms with Gasteiger partial charge in [0, 0.05) is 93.4 Å². The third-order valence-electron chi connectivity index (χ3n) is 13.0. The molecule has 422 valence electrons. The zero-order chi connectivity index (χ0) is 56.4. The Morgan fingerprint density at radius 1 is 0.960 bits per heavy atom. The maximum Gasteiger partial charge on any atom is 0.524 e. The Bertz CT molecular complexity index is 2370. The van der Waals surface area contributed by atoms with Crippen LogP contribution >= 0.6 is 48.1 Å². The number of phosphoric acid groups is 1. The summed E-state index contributed by atoms with van der Waals surface area (Å²) in [5.41, 5.74) is 0.290. The molecule has 1 aliphatic heterocycles. The summed E-state index contributed by atoms with van der Waals surface area (Å²) in [6.07, 6.45) is 2.16. The monoisotopic (exact) mass is 1150 g/mol. The number of nitrogens with zero attached hydrogens (tertiary/aromatic N) is 3. The van der Waals surface area contributed by atoms with Crippen molar-refractivity contribution >= 4 is 95.2 Å². The Labute approximate surface area is 452 Å². The van der Waals surface area contributed by atoms with E-state index in [2.05, 4.69) is 25.8 Å². The van der Waals surface area contributed by atoms with Gasteiger partial charge < -0.3 is 40.1 Å². The predicted molar refractivity (Wildman–Crippen MR) is 292 cm³/mol. The summed E-state index contributed by atoms with van der Waals surface area (Å²) in [6, 6.07) is 2.54. The number of esters is 1. The molecular weight excluding hydrogens is 1070 g/mol. The number of phosphoric ester groups is 1. The van der Waals surface area contributed by atoms with E-state index in [1.807, 2.05) is 41.7 Å². The Kier molecular flexibility index (Phi) is 27.0. The van der Waals surface area contributed by atoms with E-state index in [0.29, 0.717) is 17.7 Å². The fraction of sp³-hybridized carbons (Fsp3) is 0.673. The zero-order valence-electron chi connectivity index (χ0n) is 44.6. The number of aromatic nitrogens is 1. The highest BCUT2D eigenvalue weighted by Crippen LogP contribution is 2.44. The predicted octanol–water partition coefficient (Wildman–Crippen LogP) is 7.15. The molecule has 2 aromatic rings. The Balaban J connectivity index is 1.78. The highest BCUT2D eigenvalue weighted by atomic mass is 33.1. The molecule has 4 amide bonds. The van der Waals surface area contributed by atoms with E-state index in [-0.39, 0.29) is 114 Å². The summed E-state index contributed by atoms with van der Waals surface area (Å²) in [5, 5.41) is 19.5. The molecule has 1 aromatic carbocycles. The lowest BCUT2D eigenvalue weighted by atomic mass is 9.84. The van der Waals surface area contributed by atoms with Crippen LogP contribution in [0.2, 0.25) is 0 Å². The van der Waals surface area contributed by atoms with Crippen molar-refractivity contribution in [3.63, 3.8) is 0 Å². The van der Waals surface area contributed by atoms with Crippen molar-refractivity contribution in [1.82, 2.24) is 25.4 Å². The molecule has 8 atom stereocenters. The molecule has 0 saturated carbocycles. The molecule has 3 unspecified atom stereocenters. The van der Waals surface area contributed by atoms with Crippen molar-refractivity contribution in [2.24, 2.45) is 23.7 Å². The van der Waals surface area contributed by atoms with Crippen LogP contribution in [0.5, 0.6) is 5.75 Å². The minimum absolute atomic E-state index is 0.0107. The third kappa shape index (κ3) is 22.9. The van der Waals surface area contributed by atoms with Gasteiger partial charge >= 0.3 is 19.8 Å². The quantitative estimate of drug-likeness (QED) is 0.0165. The van der Waals surface area contributed by atoms with Crippen molar-refractivity contribution in [3.8, 4) is 5.75 Å². The standard InChI is InChI=1S/C49H78N6O15P2S3/c1-29(2)36(26-41(57)39-13-11-12-19-54(39)9)48(61)55(10)40(30(3)4)27-43(69-33(7)56)47-53-38(28-73-47)46(60)51-35(23-31(5)49(62)63)24-34-14-15-42(70-72(66,67)68)37(25-34)52-45(59)18-22-74-75-32(6)16-20-71(64,65)21-17-44(58)50-8/h14-15,25,28-32,35-36,39-40,43H,11-13,16-24,26-27H2,1-10H3,(H,50,58)(H,51,60)(H,52,59)(H,62,63)(H,64,65)(H2,66,67,68)/t31?,32?,35-,36+,39-,40-,43-/m1/s1. The first-order valence-corrected chi connectivity index (χ1v) is 32.0. The molecule has 26 heteroatoms. The van der Waals surface area contributed by atoms with Crippen LogP contribution in [0, 0.1) is 23.7 Å². The van der Waals surface area contributed by atoms with Gasteiger partial charge in [0.1, 0.15) is 10.7 Å². The van der Waals surface area contributed by atoms with E-state index in [9.17, 15) is 62.5 Å². The number of benzene rings is 1. The number of thiazole rings is 1. The average molecular weight is 1150 g/mol. The first kappa shape index (κ1) is 65.4. The summed E-state index contributed by atoms with van der Waals surface area (Å²) in [5.74, 6) is -5.23. The summed E-state index contributed by atoms with van der Waals surface area (Å²) < 4.78 is 35.1. The van der Waals surface area contributed by atoms with Gasteiger partial charge in [-0.1, -0.05) is 75.6 Å². The molecule has 0 bridgehead atoms. The number of likely N-dealkylation sites (N-methyl/N-ethyl adjacent to an activating group) is 1. The highest BCUT2D eigenvalue weighted by Gasteiger charge is 2.37. The van der Waals surface area contributed by atoms with E-state index < -0.39 is 69.0 Å². The van der Waals surface area contributed by atoms with Gasteiger partial charge in [0.05, 0.1) is 17.6 Å². The number of hydrogen-bond acceptors (Lipinski definition) is 16. The van der Waals surface area contributed by atoms with Crippen molar-refractivity contribution in [2.45, 2.75) is 142 Å². The SMILES string of the molecule is CNC(=O)CCP(=O)(O)CCC(C)SSCCC(=O)Nc1cc(C[C@@H](CC(C)C(=O)O)NC(=O)c2csc([C@@H](C[C@H](C(C)C)N(C)C(=O)[C@@H](CC(=O)[C@H]3CCCCN3C)C(C)C)OC(C)=O)n2)ccc1OP(=O)(O)O. The number of piperidine rings is 1. The maximum absolute atomic E-state index is 14.3. The molecular formula is C49H78N6O15P2S3. The van der Waals surface area contributed by atoms with E-state index >= 15 is 0 Å². The number of carbonyl (C=O) groups is 7. The fourth-order valence-electron chi connectivity index (χ4n) is 8.63. The number of carboxylic acids is 1. The van der Waals surface area contributed by atoms with Gasteiger partial charge in [0.15, 0.2) is 17.6 Å². The highest BCUT2D eigenvalue weighted by molar-refractivity contribution is 8.76. The summed E-state index contributed by atoms with van der Waals surface area (Å²) >= 11 is 1.07. The van der Waals surface area contributed by atoms with Gasteiger partial charge in [-0.05, 0) is 75.2 Å². The summed E-state index contributed by atoms with van der Waals surface area (Å²) in [4.78, 5) is 129. The molecule has 21 nitrogen and oxygen atoms in total. The second-order valence-electron chi connectivity index (χ2n) is 20.0. The van der Waals surface area contributed by atoms with Crippen LogP contribution in [0.4, 0.5) is 5.69 Å². The molecule has 75 heavy (non-hydrogen) atoms. The molecule has 1 aliphatic rings. The van der Waals surface area contributed by atoms with Crippen LogP contribution in [0.15, 0.2) is 23.6 Å². The van der Waals surface area contributed by atoms with Gasteiger partial charge in [-0.15, -0.1) is 11.3 Å². The largest absolute Gasteiger partial charge is 0.524 e. The first-order valence-electron chi connectivity index (χ1n) is 25.1. The van der Waals surface area contributed by atoms with Crippen LogP contribution < -0.4 is 20.5 Å². The van der Waals surface area contributed by atoms with Gasteiger partial charge in [-0.25, -0.2) is 9.55 Å². The second kappa shape index (κ2) is 30.9. The molecule has 1 aromatic heterocycles. The van der Waals surface area contributed by atoms with Gasteiger partial charge in [-0.2, -0.15) is 0 Å². The molecule has 0 aliphatic carbocycles. The number of ether oxygens (including phenoxy) is 1. The van der Waals surface area contributed by atoms with Crippen molar-refractivity contribution in [2.75, 3.05) is 51.1 Å². The number of ketones is 1. The van der Waals surface area contributed by atoms with Gasteiger partial charge in [0.2, 0.25) is 25.1 Å². The van der Waals surface area contributed by atoms with E-state index in [1.54, 1.807) is 11.9 Å². The third-order valence-corrected chi connectivity index (χ3v) is 19.2. The smallest absolute Gasteiger partial charge is 0.481 e. The molecule has 0 spiro atoms. The van der Waals surface area contributed by atoms with Gasteiger partial charge in [0.25, 0.3) is 5.91 Å². The van der Waals surface area contributed by atoms with E-state index in [4.69, 9.17) is 9.26 Å². The number of anilines is 1. The summed E-state index contributed by atoms with van der Waals surface area (Å²) in [6.45, 7) is 13.1. The number of carboxylic acid groups (broad SMARTS) is 1. The second-order valence-corrected chi connectivity index (χ2v) is 27.5. The van der Waals surface area contributed by atoms with E-state index in [1.165, 1.54) is 66.1 Å². The number of likely N-dealkylation sites (tertiary alicyclic amines) is 1. The van der Waals surface area contributed by atoms with Crippen LogP contribution in [-0.4, -0.2) is 145 Å². The Hall–Kier alpha value is -3.86. The normalized spacial score (nSPS) is 17.4. The molecule has 1 fully saturated rings.